The normalized spacial score (nSPS) is 19.2. The number of piperazine rings is 1. The second-order valence-corrected chi connectivity index (χ2v) is 6.18. The lowest BCUT2D eigenvalue weighted by molar-refractivity contribution is 0.154. The molecule has 3 heteroatoms. The minimum Gasteiger partial charge on any atom is -0.309 e. The van der Waals surface area contributed by atoms with E-state index in [9.17, 15) is 0 Å². The molecular weight excluding hydrogens is 246 g/mol. The van der Waals surface area contributed by atoms with Crippen LogP contribution in [-0.2, 0) is 0 Å². The molecule has 112 valence electrons. The smallest absolute Gasteiger partial charge is 0.0294 e. The molecule has 1 N–H and O–H groups in total. The van der Waals surface area contributed by atoms with Crippen LogP contribution in [0.3, 0.4) is 0 Å². The van der Waals surface area contributed by atoms with Crippen LogP contribution < -0.4 is 5.32 Å². The van der Waals surface area contributed by atoms with Gasteiger partial charge in [-0.05, 0) is 38.9 Å². The summed E-state index contributed by atoms with van der Waals surface area (Å²) in [6.07, 6.45) is 0. The van der Waals surface area contributed by atoms with Crippen molar-refractivity contribution >= 4 is 0 Å². The summed E-state index contributed by atoms with van der Waals surface area (Å²) in [6, 6.07) is 7.18. The van der Waals surface area contributed by atoms with Crippen LogP contribution in [0, 0.1) is 13.8 Å². The van der Waals surface area contributed by atoms with Crippen LogP contribution in [0.1, 0.15) is 29.7 Å². The molecule has 3 nitrogen and oxygen atoms in total. The van der Waals surface area contributed by atoms with E-state index in [1.807, 2.05) is 0 Å². The first kappa shape index (κ1) is 15.5. The van der Waals surface area contributed by atoms with Gasteiger partial charge in [-0.2, -0.15) is 0 Å². The number of likely N-dealkylation sites (N-methyl/N-ethyl adjacent to an activating group) is 1. The van der Waals surface area contributed by atoms with Gasteiger partial charge < -0.3 is 10.2 Å². The summed E-state index contributed by atoms with van der Waals surface area (Å²) >= 11 is 0. The SMILES string of the molecule is Cc1ccc(C(C)NCCN2CCN(C)CC2)c(C)c1. The number of rotatable bonds is 5. The Morgan fingerprint density at radius 3 is 2.50 bits per heavy atom. The van der Waals surface area contributed by atoms with Gasteiger partial charge in [-0.25, -0.2) is 0 Å². The second kappa shape index (κ2) is 7.21. The average Bonchev–Trinajstić information content (AvgIpc) is 2.41. The van der Waals surface area contributed by atoms with E-state index in [0.29, 0.717) is 6.04 Å². The summed E-state index contributed by atoms with van der Waals surface area (Å²) in [5.74, 6) is 0. The predicted octanol–water partition coefficient (Wildman–Crippen LogP) is 2.20. The Hall–Kier alpha value is -0.900. The molecular formula is C17H29N3. The molecule has 0 saturated carbocycles. The molecule has 1 aliphatic rings. The monoisotopic (exact) mass is 275 g/mol. The molecule has 1 heterocycles. The molecule has 0 bridgehead atoms. The lowest BCUT2D eigenvalue weighted by Crippen LogP contribution is -2.46. The fraction of sp³-hybridized carbons (Fsp3) is 0.647. The van der Waals surface area contributed by atoms with Gasteiger partial charge in [0.2, 0.25) is 0 Å². The van der Waals surface area contributed by atoms with Crippen molar-refractivity contribution in [3.8, 4) is 0 Å². The van der Waals surface area contributed by atoms with Crippen molar-refractivity contribution in [1.82, 2.24) is 15.1 Å². The number of nitrogens with zero attached hydrogens (tertiary/aromatic N) is 2. The maximum absolute atomic E-state index is 3.66. The molecule has 1 atom stereocenters. The minimum absolute atomic E-state index is 0.433. The van der Waals surface area contributed by atoms with Gasteiger partial charge in [-0.3, -0.25) is 4.90 Å². The molecule has 0 amide bonds. The fourth-order valence-corrected chi connectivity index (χ4v) is 2.93. The van der Waals surface area contributed by atoms with Crippen LogP contribution >= 0.6 is 0 Å². The van der Waals surface area contributed by atoms with Crippen molar-refractivity contribution in [2.24, 2.45) is 0 Å². The van der Waals surface area contributed by atoms with E-state index in [1.54, 1.807) is 0 Å². The topological polar surface area (TPSA) is 18.5 Å². The summed E-state index contributed by atoms with van der Waals surface area (Å²) in [5.41, 5.74) is 4.16. The zero-order chi connectivity index (χ0) is 14.5. The standard InChI is InChI=1S/C17H29N3/c1-14-5-6-17(15(2)13-14)16(3)18-7-8-20-11-9-19(4)10-12-20/h5-6,13,16,18H,7-12H2,1-4H3. The van der Waals surface area contributed by atoms with E-state index in [-0.39, 0.29) is 0 Å². The first-order valence-electron chi connectivity index (χ1n) is 7.77. The molecule has 20 heavy (non-hydrogen) atoms. The highest BCUT2D eigenvalue weighted by atomic mass is 15.2. The Balaban J connectivity index is 1.76. The zero-order valence-electron chi connectivity index (χ0n) is 13.4. The lowest BCUT2D eigenvalue weighted by atomic mass is 10.0. The van der Waals surface area contributed by atoms with Crippen molar-refractivity contribution in [1.29, 1.82) is 0 Å². The molecule has 1 aromatic carbocycles. The maximum Gasteiger partial charge on any atom is 0.0294 e. The van der Waals surface area contributed by atoms with Gasteiger partial charge >= 0.3 is 0 Å². The predicted molar refractivity (Wildman–Crippen MR) is 86.3 cm³/mol. The van der Waals surface area contributed by atoms with Gasteiger partial charge in [0.05, 0.1) is 0 Å². The Morgan fingerprint density at radius 1 is 1.15 bits per heavy atom. The van der Waals surface area contributed by atoms with Gasteiger partial charge in [0.1, 0.15) is 0 Å². The Bertz CT molecular complexity index is 422. The molecule has 0 radical (unpaired) electrons. The van der Waals surface area contributed by atoms with E-state index in [2.05, 4.69) is 61.1 Å². The lowest BCUT2D eigenvalue weighted by Gasteiger charge is -2.32. The van der Waals surface area contributed by atoms with E-state index >= 15 is 0 Å². The van der Waals surface area contributed by atoms with Gasteiger partial charge in [0.25, 0.3) is 0 Å². The number of nitrogens with one attached hydrogen (secondary N) is 1. The quantitative estimate of drug-likeness (QED) is 0.889. The van der Waals surface area contributed by atoms with Crippen LogP contribution in [0.2, 0.25) is 0 Å². The second-order valence-electron chi connectivity index (χ2n) is 6.18. The summed E-state index contributed by atoms with van der Waals surface area (Å²) in [7, 11) is 2.21. The third-order valence-corrected chi connectivity index (χ3v) is 4.37. The maximum atomic E-state index is 3.66. The molecule has 1 saturated heterocycles. The highest BCUT2D eigenvalue weighted by Crippen LogP contribution is 2.18. The van der Waals surface area contributed by atoms with Crippen molar-refractivity contribution < 1.29 is 0 Å². The molecule has 1 fully saturated rings. The Kier molecular flexibility index (Phi) is 5.58. The third-order valence-electron chi connectivity index (χ3n) is 4.37. The van der Waals surface area contributed by atoms with E-state index in [0.717, 1.165) is 13.1 Å². The van der Waals surface area contributed by atoms with E-state index in [1.165, 1.54) is 42.9 Å². The summed E-state index contributed by atoms with van der Waals surface area (Å²) < 4.78 is 0. The first-order valence-corrected chi connectivity index (χ1v) is 7.77. The molecule has 1 aromatic rings. The van der Waals surface area contributed by atoms with Crippen LogP contribution in [0.25, 0.3) is 0 Å². The third kappa shape index (κ3) is 4.30. The Morgan fingerprint density at radius 2 is 1.85 bits per heavy atom. The molecule has 0 spiro atoms. The highest BCUT2D eigenvalue weighted by Gasteiger charge is 2.14. The highest BCUT2D eigenvalue weighted by molar-refractivity contribution is 5.32. The molecule has 2 rings (SSSR count). The minimum atomic E-state index is 0.433. The first-order chi connectivity index (χ1) is 9.56. The van der Waals surface area contributed by atoms with Crippen molar-refractivity contribution in [2.75, 3.05) is 46.3 Å². The van der Waals surface area contributed by atoms with Crippen LogP contribution in [0.5, 0.6) is 0 Å². The molecule has 0 aliphatic carbocycles. The Labute approximate surface area is 124 Å². The summed E-state index contributed by atoms with van der Waals surface area (Å²) in [5, 5.41) is 3.66. The van der Waals surface area contributed by atoms with Gasteiger partial charge in [0, 0.05) is 45.3 Å². The van der Waals surface area contributed by atoms with Crippen molar-refractivity contribution in [3.05, 3.63) is 34.9 Å². The van der Waals surface area contributed by atoms with Gasteiger partial charge in [-0.15, -0.1) is 0 Å². The molecule has 1 unspecified atom stereocenters. The summed E-state index contributed by atoms with van der Waals surface area (Å²) in [4.78, 5) is 4.96. The number of aryl methyl sites for hydroxylation is 2. The molecule has 0 aromatic heterocycles. The van der Waals surface area contributed by atoms with Crippen molar-refractivity contribution in [2.45, 2.75) is 26.8 Å². The average molecular weight is 275 g/mol. The van der Waals surface area contributed by atoms with Crippen LogP contribution in [-0.4, -0.2) is 56.1 Å². The van der Waals surface area contributed by atoms with E-state index < -0.39 is 0 Å². The molecule has 1 aliphatic heterocycles. The fourth-order valence-electron chi connectivity index (χ4n) is 2.93. The zero-order valence-corrected chi connectivity index (χ0v) is 13.4. The largest absolute Gasteiger partial charge is 0.309 e. The number of hydrogen-bond acceptors (Lipinski definition) is 3. The van der Waals surface area contributed by atoms with Crippen LogP contribution in [0.15, 0.2) is 18.2 Å². The number of benzene rings is 1. The summed E-state index contributed by atoms with van der Waals surface area (Å²) in [6.45, 7) is 13.7. The van der Waals surface area contributed by atoms with E-state index in [4.69, 9.17) is 0 Å². The number of hydrogen-bond donors (Lipinski definition) is 1. The van der Waals surface area contributed by atoms with Gasteiger partial charge in [-0.1, -0.05) is 23.8 Å². The van der Waals surface area contributed by atoms with Gasteiger partial charge in [0.15, 0.2) is 0 Å². The van der Waals surface area contributed by atoms with Crippen LogP contribution in [0.4, 0.5) is 0 Å². The van der Waals surface area contributed by atoms with Crippen molar-refractivity contribution in [3.63, 3.8) is 0 Å².